The van der Waals surface area contributed by atoms with Gasteiger partial charge in [-0.05, 0) is 42.5 Å². The first kappa shape index (κ1) is 29.0. The molecule has 11 nitrogen and oxygen atoms in total. The van der Waals surface area contributed by atoms with E-state index >= 15 is 0 Å². The number of aromatic nitrogens is 3. The number of nitrogens with zero attached hydrogens (tertiary/aromatic N) is 5. The van der Waals surface area contributed by atoms with Gasteiger partial charge in [-0.1, -0.05) is 18.2 Å². The number of ether oxygens (including phenoxy) is 3. The Kier molecular flexibility index (Phi) is 8.67. The van der Waals surface area contributed by atoms with Crippen molar-refractivity contribution < 1.29 is 19.0 Å². The summed E-state index contributed by atoms with van der Waals surface area (Å²) in [7, 11) is 7.05. The van der Waals surface area contributed by atoms with Crippen LogP contribution in [0.15, 0.2) is 60.7 Å². The van der Waals surface area contributed by atoms with Gasteiger partial charge in [-0.3, -0.25) is 4.79 Å². The lowest BCUT2D eigenvalue weighted by atomic mass is 9.59. The van der Waals surface area contributed by atoms with E-state index in [1.54, 1.807) is 32.4 Å². The van der Waals surface area contributed by atoms with Crippen molar-refractivity contribution >= 4 is 50.0 Å². The van der Waals surface area contributed by atoms with Crippen LogP contribution in [0.2, 0.25) is 0 Å². The minimum absolute atomic E-state index is 0.000531. The van der Waals surface area contributed by atoms with Crippen molar-refractivity contribution in [1.82, 2.24) is 20.3 Å². The zero-order valence-electron chi connectivity index (χ0n) is 24.5. The quantitative estimate of drug-likeness (QED) is 0.210. The number of carbonyl (C=O) groups is 1. The molecule has 0 atom stereocenters. The topological polar surface area (TPSA) is 128 Å². The molecule has 3 heterocycles. The lowest BCUT2D eigenvalue weighted by molar-refractivity contribution is 0.0938. The normalized spacial score (nSPS) is 13.7. The van der Waals surface area contributed by atoms with Gasteiger partial charge in [0.05, 0.1) is 19.4 Å². The highest BCUT2D eigenvalue weighted by atomic mass is 16.5. The highest BCUT2D eigenvalue weighted by molar-refractivity contribution is 6.40. The standard InChI is InChI=1S/C29H35B2N7O4/c1-40-17-18-42-20-11-9-19(10-12-20)37-13-15-38(16-14-37)24-8-4-7-23(33-24)29(30,31)36-27(39)26-21-5-3-6-22(41-2)25(21)34-28(32)35-26/h3-12H,13-18,30-31H2,1-2H3,(H,36,39)(H2,32,34,35). The summed E-state index contributed by atoms with van der Waals surface area (Å²) >= 11 is 0. The number of rotatable bonds is 10. The van der Waals surface area contributed by atoms with Crippen molar-refractivity contribution in [3.05, 3.63) is 72.1 Å². The molecule has 1 amide bonds. The predicted octanol–water partition coefficient (Wildman–Crippen LogP) is 0.774. The van der Waals surface area contributed by atoms with Crippen LogP contribution < -0.4 is 30.3 Å². The van der Waals surface area contributed by atoms with Crippen LogP contribution in [-0.4, -0.2) is 90.2 Å². The summed E-state index contributed by atoms with van der Waals surface area (Å²) in [6, 6.07) is 19.4. The van der Waals surface area contributed by atoms with Gasteiger partial charge in [-0.2, -0.15) is 0 Å². The maximum Gasteiger partial charge on any atom is 0.270 e. The number of carbonyl (C=O) groups excluding carboxylic acids is 1. The molecule has 1 aliphatic rings. The molecule has 1 aliphatic heterocycles. The number of piperazine rings is 1. The number of fused-ring (bicyclic) bond motifs is 1. The molecule has 0 unspecified atom stereocenters. The van der Waals surface area contributed by atoms with Gasteiger partial charge in [0, 0.05) is 49.7 Å². The number of para-hydroxylation sites is 1. The zero-order valence-corrected chi connectivity index (χ0v) is 24.5. The number of hydrogen-bond donors (Lipinski definition) is 2. The highest BCUT2D eigenvalue weighted by Crippen LogP contribution is 2.27. The van der Waals surface area contributed by atoms with E-state index in [4.69, 9.17) is 24.9 Å². The second kappa shape index (κ2) is 12.6. The van der Waals surface area contributed by atoms with Crippen molar-refractivity contribution in [3.63, 3.8) is 0 Å². The predicted molar refractivity (Wildman–Crippen MR) is 169 cm³/mol. The molecule has 0 bridgehead atoms. The van der Waals surface area contributed by atoms with E-state index in [1.807, 2.05) is 46.0 Å². The van der Waals surface area contributed by atoms with Gasteiger partial charge in [-0.15, -0.1) is 0 Å². The Morgan fingerprint density at radius 2 is 1.64 bits per heavy atom. The second-order valence-electron chi connectivity index (χ2n) is 10.6. The van der Waals surface area contributed by atoms with Crippen molar-refractivity contribution in [3.8, 4) is 11.5 Å². The molecular formula is C29H35B2N7O4. The van der Waals surface area contributed by atoms with Crippen LogP contribution in [0.4, 0.5) is 17.5 Å². The Hall–Kier alpha value is -4.51. The van der Waals surface area contributed by atoms with Crippen molar-refractivity contribution in [2.45, 2.75) is 5.34 Å². The largest absolute Gasteiger partial charge is 0.494 e. The third kappa shape index (κ3) is 6.36. The SMILES string of the molecule is BC(B)(NC(=O)c1nc(N)nc2c(OC)cccc12)c1cccc(N2CCN(c3ccc(OCCOC)cc3)CC2)n1. The van der Waals surface area contributed by atoms with Gasteiger partial charge in [0.2, 0.25) is 5.95 Å². The van der Waals surface area contributed by atoms with Crippen LogP contribution in [0.3, 0.4) is 0 Å². The van der Waals surface area contributed by atoms with Crippen LogP contribution in [-0.2, 0) is 10.1 Å². The molecule has 1 fully saturated rings. The number of amides is 1. The average Bonchev–Trinajstić information content (AvgIpc) is 3.01. The smallest absolute Gasteiger partial charge is 0.270 e. The van der Waals surface area contributed by atoms with Crippen LogP contribution in [0.25, 0.3) is 10.9 Å². The molecular weight excluding hydrogens is 532 g/mol. The third-order valence-corrected chi connectivity index (χ3v) is 7.30. The van der Waals surface area contributed by atoms with Gasteiger partial charge in [0.1, 0.15) is 50.8 Å². The number of pyridine rings is 1. The maximum absolute atomic E-state index is 13.5. The summed E-state index contributed by atoms with van der Waals surface area (Å²) in [6.07, 6.45) is 0. The highest BCUT2D eigenvalue weighted by Gasteiger charge is 2.28. The van der Waals surface area contributed by atoms with Crippen LogP contribution in [0.5, 0.6) is 11.5 Å². The van der Waals surface area contributed by atoms with Gasteiger partial charge in [-0.25, -0.2) is 15.0 Å². The monoisotopic (exact) mass is 567 g/mol. The molecule has 4 aromatic rings. The maximum atomic E-state index is 13.5. The Morgan fingerprint density at radius 3 is 2.36 bits per heavy atom. The van der Waals surface area contributed by atoms with Gasteiger partial charge >= 0.3 is 0 Å². The lowest BCUT2D eigenvalue weighted by Gasteiger charge is -2.37. The minimum Gasteiger partial charge on any atom is -0.494 e. The molecule has 0 radical (unpaired) electrons. The fourth-order valence-electron chi connectivity index (χ4n) is 5.03. The summed E-state index contributed by atoms with van der Waals surface area (Å²) in [4.78, 5) is 31.6. The van der Waals surface area contributed by atoms with Crippen LogP contribution in [0, 0.1) is 0 Å². The van der Waals surface area contributed by atoms with E-state index in [0.29, 0.717) is 29.9 Å². The van der Waals surface area contributed by atoms with Gasteiger partial charge < -0.3 is 35.1 Å². The first-order valence-corrected chi connectivity index (χ1v) is 13.9. The number of anilines is 3. The zero-order chi connectivity index (χ0) is 29.7. The summed E-state index contributed by atoms with van der Waals surface area (Å²) in [5.74, 6) is 1.86. The fourth-order valence-corrected chi connectivity index (χ4v) is 5.03. The average molecular weight is 567 g/mol. The van der Waals surface area contributed by atoms with E-state index in [9.17, 15) is 4.79 Å². The molecule has 2 aromatic heterocycles. The number of hydrogen-bond acceptors (Lipinski definition) is 10. The Morgan fingerprint density at radius 1 is 0.929 bits per heavy atom. The Bertz CT molecular complexity index is 1550. The van der Waals surface area contributed by atoms with Crippen molar-refractivity contribution in [2.24, 2.45) is 0 Å². The van der Waals surface area contributed by atoms with E-state index < -0.39 is 5.34 Å². The molecule has 1 saturated heterocycles. The van der Waals surface area contributed by atoms with Crippen molar-refractivity contribution in [1.29, 1.82) is 0 Å². The number of methoxy groups -OCH3 is 2. The third-order valence-electron chi connectivity index (χ3n) is 7.30. The van der Waals surface area contributed by atoms with Crippen LogP contribution >= 0.6 is 0 Å². The van der Waals surface area contributed by atoms with Crippen LogP contribution in [0.1, 0.15) is 16.2 Å². The number of nitrogens with one attached hydrogen (secondary N) is 1. The first-order chi connectivity index (χ1) is 20.3. The summed E-state index contributed by atoms with van der Waals surface area (Å²) in [6.45, 7) is 4.46. The summed E-state index contributed by atoms with van der Waals surface area (Å²) < 4.78 is 16.1. The number of nitrogen functional groups attached to an aromatic ring is 1. The molecule has 42 heavy (non-hydrogen) atoms. The van der Waals surface area contributed by atoms with Gasteiger partial charge in [0.25, 0.3) is 5.91 Å². The van der Waals surface area contributed by atoms with E-state index in [0.717, 1.165) is 49.1 Å². The molecule has 0 saturated carbocycles. The molecule has 0 aliphatic carbocycles. The molecule has 2 aromatic carbocycles. The van der Waals surface area contributed by atoms with Crippen molar-refractivity contribution in [2.75, 3.05) is 69.1 Å². The minimum atomic E-state index is -0.785. The molecule has 0 spiro atoms. The first-order valence-electron chi connectivity index (χ1n) is 13.9. The van der Waals surface area contributed by atoms with E-state index in [-0.39, 0.29) is 17.5 Å². The number of nitrogens with two attached hydrogens (primary N) is 1. The summed E-state index contributed by atoms with van der Waals surface area (Å²) in [5.41, 5.74) is 8.53. The van der Waals surface area contributed by atoms with E-state index in [2.05, 4.69) is 37.2 Å². The Balaban J connectivity index is 1.26. The summed E-state index contributed by atoms with van der Waals surface area (Å²) in [5, 5.41) is 2.87. The number of benzene rings is 2. The molecule has 13 heteroatoms. The van der Waals surface area contributed by atoms with E-state index in [1.165, 1.54) is 0 Å². The molecule has 216 valence electrons. The Labute approximate surface area is 247 Å². The van der Waals surface area contributed by atoms with Gasteiger partial charge in [0.15, 0.2) is 0 Å². The molecule has 5 rings (SSSR count). The second-order valence-corrected chi connectivity index (χ2v) is 10.6. The molecule has 3 N–H and O–H groups in total. The lowest BCUT2D eigenvalue weighted by Crippen LogP contribution is -2.49. The fraction of sp³-hybridized carbons (Fsp3) is 0.310.